The fraction of sp³-hybridized carbons (Fsp3) is 0.375. The predicted molar refractivity (Wildman–Crippen MR) is 82.8 cm³/mol. The first-order valence-corrected chi connectivity index (χ1v) is 7.03. The molecule has 1 amide bonds. The molecule has 1 unspecified atom stereocenters. The Morgan fingerprint density at radius 2 is 2.00 bits per heavy atom. The summed E-state index contributed by atoms with van der Waals surface area (Å²) in [6.07, 6.45) is 3.62. The minimum atomic E-state index is -0.919. The standard InChI is InChI=1S/C16H21FN2O3/c1-12(16(21)22)19(11-9-18-13(2)20)10-3-4-14-5-7-15(17)8-6-14/h3-8,12H,9-11H2,1-2H3,(H,18,20)(H,21,22)/b4-3+. The average molecular weight is 308 g/mol. The highest BCUT2D eigenvalue weighted by molar-refractivity contribution is 5.73. The lowest BCUT2D eigenvalue weighted by Gasteiger charge is -2.24. The summed E-state index contributed by atoms with van der Waals surface area (Å²) in [5.74, 6) is -1.36. The Morgan fingerprint density at radius 1 is 1.36 bits per heavy atom. The van der Waals surface area contributed by atoms with Crippen LogP contribution >= 0.6 is 0 Å². The van der Waals surface area contributed by atoms with Crippen LogP contribution in [-0.4, -0.2) is 47.6 Å². The Morgan fingerprint density at radius 3 is 2.55 bits per heavy atom. The Kier molecular flexibility index (Phi) is 7.25. The topological polar surface area (TPSA) is 69.6 Å². The summed E-state index contributed by atoms with van der Waals surface area (Å²) in [6.45, 7) is 4.25. The van der Waals surface area contributed by atoms with Gasteiger partial charge in [0.25, 0.3) is 0 Å². The van der Waals surface area contributed by atoms with Gasteiger partial charge >= 0.3 is 5.97 Å². The molecule has 120 valence electrons. The second kappa shape index (κ2) is 8.94. The Bertz CT molecular complexity index is 529. The van der Waals surface area contributed by atoms with E-state index < -0.39 is 12.0 Å². The van der Waals surface area contributed by atoms with Crippen molar-refractivity contribution in [2.75, 3.05) is 19.6 Å². The van der Waals surface area contributed by atoms with Crippen molar-refractivity contribution in [1.82, 2.24) is 10.2 Å². The molecular weight excluding hydrogens is 287 g/mol. The molecule has 0 saturated carbocycles. The molecule has 0 heterocycles. The van der Waals surface area contributed by atoms with Crippen molar-refractivity contribution >= 4 is 18.0 Å². The highest BCUT2D eigenvalue weighted by Gasteiger charge is 2.18. The molecule has 1 atom stereocenters. The second-order valence-electron chi connectivity index (χ2n) is 4.95. The number of carbonyl (C=O) groups excluding carboxylic acids is 1. The lowest BCUT2D eigenvalue weighted by atomic mass is 10.2. The van der Waals surface area contributed by atoms with E-state index >= 15 is 0 Å². The monoisotopic (exact) mass is 308 g/mol. The maximum absolute atomic E-state index is 12.8. The molecule has 1 aromatic rings. The second-order valence-corrected chi connectivity index (χ2v) is 4.95. The minimum absolute atomic E-state index is 0.148. The molecule has 0 saturated heterocycles. The van der Waals surface area contributed by atoms with Crippen molar-refractivity contribution in [3.05, 3.63) is 41.7 Å². The summed E-state index contributed by atoms with van der Waals surface area (Å²) in [5.41, 5.74) is 0.839. The van der Waals surface area contributed by atoms with Gasteiger partial charge in [-0.3, -0.25) is 14.5 Å². The van der Waals surface area contributed by atoms with Crippen molar-refractivity contribution in [1.29, 1.82) is 0 Å². The van der Waals surface area contributed by atoms with E-state index in [4.69, 9.17) is 5.11 Å². The first-order valence-electron chi connectivity index (χ1n) is 7.03. The van der Waals surface area contributed by atoms with Gasteiger partial charge in [-0.1, -0.05) is 24.3 Å². The van der Waals surface area contributed by atoms with Crippen LogP contribution in [-0.2, 0) is 9.59 Å². The molecule has 0 aliphatic heterocycles. The Labute approximate surface area is 129 Å². The molecule has 0 aliphatic rings. The molecule has 0 radical (unpaired) electrons. The minimum Gasteiger partial charge on any atom is -0.480 e. The van der Waals surface area contributed by atoms with Gasteiger partial charge in [0.1, 0.15) is 11.9 Å². The number of amides is 1. The molecule has 1 rings (SSSR count). The summed E-state index contributed by atoms with van der Waals surface area (Å²) >= 11 is 0. The number of benzene rings is 1. The van der Waals surface area contributed by atoms with Crippen LogP contribution in [0.4, 0.5) is 4.39 Å². The summed E-state index contributed by atoms with van der Waals surface area (Å²) in [7, 11) is 0. The number of carboxylic acids is 1. The predicted octanol–water partition coefficient (Wildman–Crippen LogP) is 1.75. The number of nitrogens with one attached hydrogen (secondary N) is 1. The maximum Gasteiger partial charge on any atom is 0.320 e. The van der Waals surface area contributed by atoms with Crippen molar-refractivity contribution in [3.8, 4) is 0 Å². The van der Waals surface area contributed by atoms with E-state index in [-0.39, 0.29) is 11.7 Å². The normalized spacial score (nSPS) is 12.5. The van der Waals surface area contributed by atoms with Gasteiger partial charge in [0.2, 0.25) is 5.91 Å². The number of carbonyl (C=O) groups is 2. The molecule has 0 spiro atoms. The number of hydrogen-bond acceptors (Lipinski definition) is 3. The number of carboxylic acid groups (broad SMARTS) is 1. The third-order valence-electron chi connectivity index (χ3n) is 3.20. The lowest BCUT2D eigenvalue weighted by Crippen LogP contribution is -2.43. The maximum atomic E-state index is 12.8. The first-order chi connectivity index (χ1) is 10.4. The average Bonchev–Trinajstić information content (AvgIpc) is 2.46. The van der Waals surface area contributed by atoms with E-state index in [1.807, 2.05) is 6.08 Å². The first kappa shape index (κ1) is 17.8. The molecular formula is C16H21FN2O3. The van der Waals surface area contributed by atoms with Crippen LogP contribution in [0.2, 0.25) is 0 Å². The third kappa shape index (κ3) is 6.49. The Hall–Kier alpha value is -2.21. The van der Waals surface area contributed by atoms with E-state index in [0.717, 1.165) is 5.56 Å². The summed E-state index contributed by atoms with van der Waals surface area (Å²) in [4.78, 5) is 23.7. The van der Waals surface area contributed by atoms with Crippen LogP contribution in [0.5, 0.6) is 0 Å². The van der Waals surface area contributed by atoms with Crippen molar-refractivity contribution in [3.63, 3.8) is 0 Å². The van der Waals surface area contributed by atoms with E-state index in [1.165, 1.54) is 19.1 Å². The summed E-state index contributed by atoms with van der Waals surface area (Å²) in [5, 5.41) is 11.8. The molecule has 0 aliphatic carbocycles. The highest BCUT2D eigenvalue weighted by atomic mass is 19.1. The fourth-order valence-corrected chi connectivity index (χ4v) is 1.87. The van der Waals surface area contributed by atoms with Crippen LogP contribution < -0.4 is 5.32 Å². The van der Waals surface area contributed by atoms with Crippen LogP contribution in [0.15, 0.2) is 30.3 Å². The number of hydrogen-bond donors (Lipinski definition) is 2. The van der Waals surface area contributed by atoms with Gasteiger partial charge in [-0.25, -0.2) is 4.39 Å². The third-order valence-corrected chi connectivity index (χ3v) is 3.20. The lowest BCUT2D eigenvalue weighted by molar-refractivity contribution is -0.142. The zero-order chi connectivity index (χ0) is 16.5. The molecule has 6 heteroatoms. The van der Waals surface area contributed by atoms with Gasteiger partial charge in [0.15, 0.2) is 0 Å². The number of nitrogens with zero attached hydrogens (tertiary/aromatic N) is 1. The largest absolute Gasteiger partial charge is 0.480 e. The highest BCUT2D eigenvalue weighted by Crippen LogP contribution is 2.06. The van der Waals surface area contributed by atoms with Crippen LogP contribution in [0.3, 0.4) is 0 Å². The molecule has 2 N–H and O–H groups in total. The van der Waals surface area contributed by atoms with E-state index in [1.54, 1.807) is 30.0 Å². The molecule has 0 fully saturated rings. The van der Waals surface area contributed by atoms with Gasteiger partial charge in [-0.15, -0.1) is 0 Å². The zero-order valence-corrected chi connectivity index (χ0v) is 12.8. The molecule has 1 aromatic carbocycles. The van der Waals surface area contributed by atoms with E-state index in [0.29, 0.717) is 19.6 Å². The van der Waals surface area contributed by atoms with Gasteiger partial charge in [0.05, 0.1) is 0 Å². The van der Waals surface area contributed by atoms with Crippen molar-refractivity contribution < 1.29 is 19.1 Å². The SMILES string of the molecule is CC(=O)NCCN(C/C=C/c1ccc(F)cc1)C(C)C(=O)O. The molecule has 0 bridgehead atoms. The molecule has 22 heavy (non-hydrogen) atoms. The van der Waals surface area contributed by atoms with Crippen molar-refractivity contribution in [2.24, 2.45) is 0 Å². The number of rotatable bonds is 8. The van der Waals surface area contributed by atoms with E-state index in [2.05, 4.69) is 5.32 Å². The fourth-order valence-electron chi connectivity index (χ4n) is 1.87. The summed E-state index contributed by atoms with van der Waals surface area (Å²) < 4.78 is 12.8. The van der Waals surface area contributed by atoms with Gasteiger partial charge in [-0.2, -0.15) is 0 Å². The van der Waals surface area contributed by atoms with Crippen LogP contribution in [0, 0.1) is 5.82 Å². The van der Waals surface area contributed by atoms with Gasteiger partial charge < -0.3 is 10.4 Å². The van der Waals surface area contributed by atoms with Crippen LogP contribution in [0.25, 0.3) is 6.08 Å². The molecule has 0 aromatic heterocycles. The van der Waals surface area contributed by atoms with E-state index in [9.17, 15) is 14.0 Å². The quantitative estimate of drug-likeness (QED) is 0.767. The van der Waals surface area contributed by atoms with Crippen LogP contribution in [0.1, 0.15) is 19.4 Å². The smallest absolute Gasteiger partial charge is 0.320 e. The molecule has 5 nitrogen and oxygen atoms in total. The van der Waals surface area contributed by atoms with Crippen molar-refractivity contribution in [2.45, 2.75) is 19.9 Å². The number of aliphatic carboxylic acids is 1. The van der Waals surface area contributed by atoms with Gasteiger partial charge in [0, 0.05) is 26.6 Å². The van der Waals surface area contributed by atoms with Gasteiger partial charge in [-0.05, 0) is 24.6 Å². The number of halogens is 1. The Balaban J connectivity index is 2.60. The zero-order valence-electron chi connectivity index (χ0n) is 12.8. The summed E-state index contributed by atoms with van der Waals surface area (Å²) in [6, 6.07) is 5.37.